The molecule has 5 nitrogen and oxygen atoms in total. The van der Waals surface area contributed by atoms with Crippen molar-refractivity contribution in [1.82, 2.24) is 0 Å². The number of hydrogen-bond acceptors (Lipinski definition) is 5. The van der Waals surface area contributed by atoms with Crippen LogP contribution in [-0.2, 0) is 14.3 Å². The fourth-order valence-electron chi connectivity index (χ4n) is 0.968. The Labute approximate surface area is 82.6 Å². The molecule has 2 N–H and O–H groups in total. The molecule has 1 unspecified atom stereocenters. The summed E-state index contributed by atoms with van der Waals surface area (Å²) < 4.78 is 9.66. The number of carbonyl (C=O) groups is 1. The van der Waals surface area contributed by atoms with E-state index in [1.54, 1.807) is 0 Å². The second kappa shape index (κ2) is 4.72. The van der Waals surface area contributed by atoms with Crippen LogP contribution in [-0.4, -0.2) is 48.7 Å². The zero-order valence-corrected chi connectivity index (χ0v) is 8.23. The highest BCUT2D eigenvalue weighted by atomic mass is 16.6. The molecule has 0 spiro atoms. The number of hydrogen-bond donors (Lipinski definition) is 2. The monoisotopic (exact) mass is 204 g/mol. The molecule has 1 heterocycles. The second-order valence-electron chi connectivity index (χ2n) is 3.60. The van der Waals surface area contributed by atoms with Crippen molar-refractivity contribution in [3.63, 3.8) is 0 Å². The zero-order chi connectivity index (χ0) is 10.6. The van der Waals surface area contributed by atoms with E-state index in [0.29, 0.717) is 13.0 Å². The van der Waals surface area contributed by atoms with Crippen molar-refractivity contribution in [2.24, 2.45) is 5.41 Å². The lowest BCUT2D eigenvalue weighted by Crippen LogP contribution is -2.36. The largest absolute Gasteiger partial charge is 0.463 e. The van der Waals surface area contributed by atoms with Gasteiger partial charge in [0, 0.05) is 0 Å². The maximum absolute atomic E-state index is 11.1. The lowest BCUT2D eigenvalue weighted by Gasteiger charge is -2.27. The van der Waals surface area contributed by atoms with Crippen molar-refractivity contribution >= 4 is 5.97 Å². The summed E-state index contributed by atoms with van der Waals surface area (Å²) in [4.78, 5) is 11.1. The maximum atomic E-state index is 11.1. The van der Waals surface area contributed by atoms with Crippen molar-refractivity contribution in [3.05, 3.63) is 0 Å². The average Bonchev–Trinajstić information content (AvgIpc) is 3.04. The SMILES string of the molecule is CCC(CO)(CO)COC(=O)C1CO1. The summed E-state index contributed by atoms with van der Waals surface area (Å²) in [7, 11) is 0. The molecule has 1 fully saturated rings. The molecule has 14 heavy (non-hydrogen) atoms. The third-order valence-corrected chi connectivity index (χ3v) is 2.54. The Morgan fingerprint density at radius 1 is 1.57 bits per heavy atom. The summed E-state index contributed by atoms with van der Waals surface area (Å²) in [6.45, 7) is 1.89. The van der Waals surface area contributed by atoms with Gasteiger partial charge in [0.15, 0.2) is 6.10 Å². The molecule has 82 valence electrons. The van der Waals surface area contributed by atoms with E-state index >= 15 is 0 Å². The standard InChI is InChI=1S/C9H16O5/c1-2-9(4-10,5-11)6-14-8(12)7-3-13-7/h7,10-11H,2-6H2,1H3. The minimum absolute atomic E-state index is 0.0369. The summed E-state index contributed by atoms with van der Waals surface area (Å²) in [5.41, 5.74) is -0.718. The summed E-state index contributed by atoms with van der Waals surface area (Å²) in [5.74, 6) is -0.412. The molecule has 1 rings (SSSR count). The zero-order valence-electron chi connectivity index (χ0n) is 8.23. The van der Waals surface area contributed by atoms with Crippen LogP contribution in [0.2, 0.25) is 0 Å². The van der Waals surface area contributed by atoms with Gasteiger partial charge in [0.1, 0.15) is 6.61 Å². The van der Waals surface area contributed by atoms with Crippen LogP contribution in [0.4, 0.5) is 0 Å². The number of esters is 1. The Morgan fingerprint density at radius 3 is 2.50 bits per heavy atom. The Bertz CT molecular complexity index is 187. The first-order valence-corrected chi connectivity index (χ1v) is 4.67. The van der Waals surface area contributed by atoms with Gasteiger partial charge in [0.05, 0.1) is 25.2 Å². The number of ether oxygens (including phenoxy) is 2. The van der Waals surface area contributed by atoms with Crippen LogP contribution in [0.25, 0.3) is 0 Å². The highest BCUT2D eigenvalue weighted by Crippen LogP contribution is 2.22. The van der Waals surface area contributed by atoms with E-state index in [2.05, 4.69) is 0 Å². The second-order valence-corrected chi connectivity index (χ2v) is 3.60. The molecule has 1 aliphatic rings. The van der Waals surface area contributed by atoms with Crippen LogP contribution in [0.1, 0.15) is 13.3 Å². The fraction of sp³-hybridized carbons (Fsp3) is 0.889. The molecule has 1 saturated heterocycles. The Kier molecular flexibility index (Phi) is 3.86. The highest BCUT2D eigenvalue weighted by molar-refractivity contribution is 5.76. The molecule has 0 radical (unpaired) electrons. The number of aliphatic hydroxyl groups excluding tert-OH is 2. The van der Waals surface area contributed by atoms with Gasteiger partial charge < -0.3 is 19.7 Å². The third kappa shape index (κ3) is 2.67. The molecular formula is C9H16O5. The highest BCUT2D eigenvalue weighted by Gasteiger charge is 2.35. The van der Waals surface area contributed by atoms with Crippen molar-refractivity contribution < 1.29 is 24.5 Å². The van der Waals surface area contributed by atoms with Crippen LogP contribution < -0.4 is 0 Å². The van der Waals surface area contributed by atoms with Crippen LogP contribution in [0.5, 0.6) is 0 Å². The first-order chi connectivity index (χ1) is 6.67. The Morgan fingerprint density at radius 2 is 2.14 bits per heavy atom. The predicted octanol–water partition coefficient (Wildman–Crippen LogP) is -0.691. The minimum atomic E-state index is -0.718. The van der Waals surface area contributed by atoms with Crippen molar-refractivity contribution in [2.45, 2.75) is 19.4 Å². The van der Waals surface area contributed by atoms with Gasteiger partial charge >= 0.3 is 5.97 Å². The smallest absolute Gasteiger partial charge is 0.337 e. The summed E-state index contributed by atoms with van der Waals surface area (Å²) >= 11 is 0. The van der Waals surface area contributed by atoms with Gasteiger partial charge in [-0.2, -0.15) is 0 Å². The van der Waals surface area contributed by atoms with Crippen LogP contribution in [0, 0.1) is 5.41 Å². The van der Waals surface area contributed by atoms with Gasteiger partial charge in [0.2, 0.25) is 0 Å². The van der Waals surface area contributed by atoms with Crippen molar-refractivity contribution in [3.8, 4) is 0 Å². The van der Waals surface area contributed by atoms with Gasteiger partial charge in [-0.25, -0.2) is 4.79 Å². The number of rotatable bonds is 6. The van der Waals surface area contributed by atoms with Crippen molar-refractivity contribution in [1.29, 1.82) is 0 Å². The number of epoxide rings is 1. The van der Waals surface area contributed by atoms with E-state index in [1.807, 2.05) is 6.92 Å². The Hall–Kier alpha value is -0.650. The quantitative estimate of drug-likeness (QED) is 0.442. The molecule has 0 aromatic carbocycles. The van der Waals surface area contributed by atoms with E-state index in [9.17, 15) is 4.79 Å². The molecule has 0 aromatic heterocycles. The molecule has 0 bridgehead atoms. The average molecular weight is 204 g/mol. The third-order valence-electron chi connectivity index (χ3n) is 2.54. The van der Waals surface area contributed by atoms with Gasteiger partial charge in [-0.05, 0) is 6.42 Å². The van der Waals surface area contributed by atoms with Crippen molar-refractivity contribution in [2.75, 3.05) is 26.4 Å². The lowest BCUT2D eigenvalue weighted by molar-refractivity contribution is -0.151. The normalized spacial score (nSPS) is 20.6. The van der Waals surface area contributed by atoms with Gasteiger partial charge in [-0.15, -0.1) is 0 Å². The van der Waals surface area contributed by atoms with Crippen LogP contribution in [0.15, 0.2) is 0 Å². The first-order valence-electron chi connectivity index (χ1n) is 4.67. The molecule has 1 atom stereocenters. The first kappa shape index (κ1) is 11.4. The number of aliphatic hydroxyl groups is 2. The molecule has 0 saturated carbocycles. The predicted molar refractivity (Wildman–Crippen MR) is 47.6 cm³/mol. The number of carbonyl (C=O) groups excluding carboxylic acids is 1. The molecule has 0 aliphatic carbocycles. The van der Waals surface area contributed by atoms with E-state index in [1.165, 1.54) is 0 Å². The fourth-order valence-corrected chi connectivity index (χ4v) is 0.968. The Balaban J connectivity index is 2.34. The molecule has 0 aromatic rings. The van der Waals surface area contributed by atoms with Gasteiger partial charge in [-0.1, -0.05) is 6.92 Å². The lowest BCUT2D eigenvalue weighted by atomic mass is 9.88. The minimum Gasteiger partial charge on any atom is -0.463 e. The van der Waals surface area contributed by atoms with E-state index in [-0.39, 0.29) is 19.8 Å². The van der Waals surface area contributed by atoms with Gasteiger partial charge in [-0.3, -0.25) is 0 Å². The van der Waals surface area contributed by atoms with Gasteiger partial charge in [0.25, 0.3) is 0 Å². The molecular weight excluding hydrogens is 188 g/mol. The van der Waals surface area contributed by atoms with E-state index in [0.717, 1.165) is 0 Å². The van der Waals surface area contributed by atoms with Crippen LogP contribution >= 0.6 is 0 Å². The van der Waals surface area contributed by atoms with Crippen LogP contribution in [0.3, 0.4) is 0 Å². The summed E-state index contributed by atoms with van der Waals surface area (Å²) in [6, 6.07) is 0. The molecule has 0 amide bonds. The topological polar surface area (TPSA) is 79.3 Å². The van der Waals surface area contributed by atoms with E-state index < -0.39 is 17.5 Å². The summed E-state index contributed by atoms with van der Waals surface area (Å²) in [5, 5.41) is 18.1. The molecule has 1 aliphatic heterocycles. The maximum Gasteiger partial charge on any atom is 0.337 e. The summed E-state index contributed by atoms with van der Waals surface area (Å²) in [6.07, 6.45) is 0.126. The molecule has 5 heteroatoms. The van der Waals surface area contributed by atoms with E-state index in [4.69, 9.17) is 19.7 Å².